The van der Waals surface area contributed by atoms with Crippen molar-refractivity contribution in [2.45, 2.75) is 18.7 Å². The van der Waals surface area contributed by atoms with E-state index in [1.165, 1.54) is 12.1 Å². The molecule has 0 bridgehead atoms. The van der Waals surface area contributed by atoms with Gasteiger partial charge in [-0.05, 0) is 32.0 Å². The van der Waals surface area contributed by atoms with Crippen LogP contribution in [0.5, 0.6) is 0 Å². The van der Waals surface area contributed by atoms with Gasteiger partial charge in [0.15, 0.2) is 0 Å². The zero-order chi connectivity index (χ0) is 15.8. The van der Waals surface area contributed by atoms with Crippen LogP contribution in [0.4, 0.5) is 5.69 Å². The van der Waals surface area contributed by atoms with Gasteiger partial charge in [-0.1, -0.05) is 11.6 Å². The predicted molar refractivity (Wildman–Crippen MR) is 80.8 cm³/mol. The molecule has 0 radical (unpaired) electrons. The quantitative estimate of drug-likeness (QED) is 0.830. The molecule has 2 rings (SSSR count). The van der Waals surface area contributed by atoms with Crippen molar-refractivity contribution < 1.29 is 18.3 Å². The maximum Gasteiger partial charge on any atom is 0.345 e. The van der Waals surface area contributed by atoms with Crippen LogP contribution < -0.4 is 4.72 Å². The molecule has 0 saturated carbocycles. The number of halogens is 1. The summed E-state index contributed by atoms with van der Waals surface area (Å²) in [4.78, 5) is 15.2. The van der Waals surface area contributed by atoms with E-state index in [0.29, 0.717) is 16.3 Å². The predicted octanol–water partition coefficient (Wildman–Crippen LogP) is 2.91. The number of nitrogens with one attached hydrogen (secondary N) is 1. The maximum absolute atomic E-state index is 12.3. The van der Waals surface area contributed by atoms with Gasteiger partial charge in [-0.2, -0.15) is 0 Å². The van der Waals surface area contributed by atoms with Crippen molar-refractivity contribution >= 4 is 44.6 Å². The summed E-state index contributed by atoms with van der Waals surface area (Å²) >= 11 is 6.63. The third-order valence-electron chi connectivity index (χ3n) is 2.67. The first kappa shape index (κ1) is 15.7. The lowest BCUT2D eigenvalue weighted by molar-refractivity contribution is 0.0702. The van der Waals surface area contributed by atoms with Gasteiger partial charge in [-0.3, -0.25) is 4.72 Å². The fraction of sp³-hybridized carbons (Fsp3) is 0.167. The molecular formula is C12H11ClN2O4S2. The number of aromatic carboxylic acids is 1. The Balaban J connectivity index is 2.41. The Labute approximate surface area is 130 Å². The number of hydrogen-bond acceptors (Lipinski definition) is 5. The highest BCUT2D eigenvalue weighted by atomic mass is 35.5. The minimum absolute atomic E-state index is 0.0289. The molecular weight excluding hydrogens is 336 g/mol. The molecule has 0 aliphatic heterocycles. The van der Waals surface area contributed by atoms with Crippen molar-refractivity contribution in [3.8, 4) is 0 Å². The van der Waals surface area contributed by atoms with Crippen LogP contribution in [-0.2, 0) is 10.0 Å². The smallest absolute Gasteiger partial charge is 0.345 e. The lowest BCUT2D eigenvalue weighted by Crippen LogP contribution is -2.14. The summed E-state index contributed by atoms with van der Waals surface area (Å²) in [6, 6.07) is 4.11. The summed E-state index contributed by atoms with van der Waals surface area (Å²) in [5, 5.41) is 9.18. The van der Waals surface area contributed by atoms with Crippen LogP contribution in [0, 0.1) is 13.8 Å². The van der Waals surface area contributed by atoms with Gasteiger partial charge in [0.05, 0.1) is 11.4 Å². The van der Waals surface area contributed by atoms with E-state index in [2.05, 4.69) is 9.71 Å². The Morgan fingerprint density at radius 1 is 1.38 bits per heavy atom. The third-order valence-corrected chi connectivity index (χ3v) is 5.54. The number of aryl methyl sites for hydroxylation is 2. The van der Waals surface area contributed by atoms with Crippen molar-refractivity contribution in [1.29, 1.82) is 0 Å². The van der Waals surface area contributed by atoms with E-state index in [4.69, 9.17) is 16.7 Å². The summed E-state index contributed by atoms with van der Waals surface area (Å²) in [7, 11) is -3.88. The molecule has 0 fully saturated rings. The van der Waals surface area contributed by atoms with E-state index in [0.717, 1.165) is 17.4 Å². The van der Waals surface area contributed by atoms with Gasteiger partial charge in [0.2, 0.25) is 0 Å². The van der Waals surface area contributed by atoms with E-state index in [1.54, 1.807) is 13.8 Å². The molecule has 0 atom stereocenters. The van der Waals surface area contributed by atoms with Crippen molar-refractivity contribution in [2.75, 3.05) is 4.72 Å². The van der Waals surface area contributed by atoms with Crippen LogP contribution >= 0.6 is 22.9 Å². The Kier molecular flexibility index (Phi) is 4.22. The van der Waals surface area contributed by atoms with Crippen molar-refractivity contribution in [1.82, 2.24) is 4.98 Å². The molecule has 2 aromatic rings. The Hall–Kier alpha value is -1.64. The molecule has 0 unspecified atom stereocenters. The van der Waals surface area contributed by atoms with Crippen molar-refractivity contribution in [2.24, 2.45) is 0 Å². The number of aromatic nitrogens is 1. The van der Waals surface area contributed by atoms with E-state index in [-0.39, 0.29) is 14.9 Å². The highest BCUT2D eigenvalue weighted by Crippen LogP contribution is 2.28. The van der Waals surface area contributed by atoms with Crippen molar-refractivity contribution in [3.63, 3.8) is 0 Å². The lowest BCUT2D eigenvalue weighted by atomic mass is 10.3. The maximum atomic E-state index is 12.3. The Bertz CT molecular complexity index is 815. The molecule has 0 saturated heterocycles. The largest absolute Gasteiger partial charge is 0.477 e. The average molecular weight is 347 g/mol. The summed E-state index contributed by atoms with van der Waals surface area (Å²) in [6.07, 6.45) is 0. The van der Waals surface area contributed by atoms with Gasteiger partial charge >= 0.3 is 5.97 Å². The topological polar surface area (TPSA) is 96.4 Å². The summed E-state index contributed by atoms with van der Waals surface area (Å²) in [5.41, 5.74) is 0.722. The molecule has 0 aromatic carbocycles. The highest BCUT2D eigenvalue weighted by Gasteiger charge is 2.23. The standard InChI is InChI=1S/C12H11ClN2O4S2/c1-6-8(3-4-11(13)14-6)15-21(18,19)10-5-9(12(16)17)20-7(10)2/h3-5,15H,1-2H3,(H,16,17). The molecule has 2 N–H and O–H groups in total. The van der Waals surface area contributed by atoms with Gasteiger partial charge in [-0.15, -0.1) is 11.3 Å². The van der Waals surface area contributed by atoms with E-state index in [9.17, 15) is 13.2 Å². The lowest BCUT2D eigenvalue weighted by Gasteiger charge is -2.09. The fourth-order valence-electron chi connectivity index (χ4n) is 1.68. The van der Waals surface area contributed by atoms with Gasteiger partial charge in [0.25, 0.3) is 10.0 Å². The second kappa shape index (κ2) is 5.63. The number of nitrogens with zero attached hydrogens (tertiary/aromatic N) is 1. The van der Waals surface area contributed by atoms with Crippen LogP contribution in [0.3, 0.4) is 0 Å². The first-order chi connectivity index (χ1) is 9.70. The SMILES string of the molecule is Cc1nc(Cl)ccc1NS(=O)(=O)c1cc(C(=O)O)sc1C. The second-order valence-electron chi connectivity index (χ2n) is 4.21. The number of carboxylic acid groups (broad SMARTS) is 1. The van der Waals surface area contributed by atoms with E-state index < -0.39 is 16.0 Å². The number of sulfonamides is 1. The monoisotopic (exact) mass is 346 g/mol. The van der Waals surface area contributed by atoms with E-state index in [1.807, 2.05) is 0 Å². The van der Waals surface area contributed by atoms with Crippen LogP contribution in [0.25, 0.3) is 0 Å². The molecule has 0 aliphatic carbocycles. The normalized spacial score (nSPS) is 11.4. The highest BCUT2D eigenvalue weighted by molar-refractivity contribution is 7.93. The van der Waals surface area contributed by atoms with Gasteiger partial charge in [0.1, 0.15) is 14.9 Å². The van der Waals surface area contributed by atoms with Crippen LogP contribution in [0.1, 0.15) is 20.2 Å². The van der Waals surface area contributed by atoms with Crippen LogP contribution in [0.15, 0.2) is 23.1 Å². The third kappa shape index (κ3) is 3.34. The Morgan fingerprint density at radius 3 is 2.57 bits per heavy atom. The molecule has 0 amide bonds. The van der Waals surface area contributed by atoms with Gasteiger partial charge in [-0.25, -0.2) is 18.2 Å². The summed E-state index contributed by atoms with van der Waals surface area (Å²) in [5.74, 6) is -1.16. The minimum Gasteiger partial charge on any atom is -0.477 e. The number of carboxylic acids is 1. The molecule has 0 aliphatic rings. The molecule has 112 valence electrons. The zero-order valence-corrected chi connectivity index (χ0v) is 13.4. The van der Waals surface area contributed by atoms with Crippen molar-refractivity contribution in [3.05, 3.63) is 38.8 Å². The van der Waals surface area contributed by atoms with Gasteiger partial charge in [0, 0.05) is 4.88 Å². The number of rotatable bonds is 4. The number of carbonyl (C=O) groups is 1. The molecule has 9 heteroatoms. The second-order valence-corrected chi connectivity index (χ2v) is 7.50. The minimum atomic E-state index is -3.88. The molecule has 2 aromatic heterocycles. The van der Waals surface area contributed by atoms with Gasteiger partial charge < -0.3 is 5.11 Å². The van der Waals surface area contributed by atoms with Crippen LogP contribution in [-0.4, -0.2) is 24.5 Å². The summed E-state index contributed by atoms with van der Waals surface area (Å²) in [6.45, 7) is 3.17. The molecule has 21 heavy (non-hydrogen) atoms. The zero-order valence-electron chi connectivity index (χ0n) is 11.0. The number of thiophene rings is 1. The molecule has 6 nitrogen and oxygen atoms in total. The fourth-order valence-corrected chi connectivity index (χ4v) is 4.41. The number of anilines is 1. The number of hydrogen-bond donors (Lipinski definition) is 2. The molecule has 2 heterocycles. The first-order valence-corrected chi connectivity index (χ1v) is 8.38. The van der Waals surface area contributed by atoms with Crippen LogP contribution in [0.2, 0.25) is 5.15 Å². The first-order valence-electron chi connectivity index (χ1n) is 5.70. The summed E-state index contributed by atoms with van der Waals surface area (Å²) < 4.78 is 27.1. The number of pyridine rings is 1. The average Bonchev–Trinajstić information content (AvgIpc) is 2.76. The van der Waals surface area contributed by atoms with E-state index >= 15 is 0 Å². The Morgan fingerprint density at radius 2 is 2.05 bits per heavy atom. The molecule has 0 spiro atoms.